The Balaban J connectivity index is 2.52. The summed E-state index contributed by atoms with van der Waals surface area (Å²) in [4.78, 5) is 2.45. The molecule has 1 saturated heterocycles. The molecule has 1 aliphatic rings. The molecule has 1 atom stereocenters. The second kappa shape index (κ2) is 8.86. The monoisotopic (exact) mass is 258 g/mol. The molecule has 0 saturated carbocycles. The largest absolute Gasteiger partial charge is 0.396 e. The summed E-state index contributed by atoms with van der Waals surface area (Å²) in [6, 6.07) is 0. The van der Waals surface area contributed by atoms with E-state index in [4.69, 9.17) is 9.84 Å². The van der Waals surface area contributed by atoms with Gasteiger partial charge < -0.3 is 20.1 Å². The van der Waals surface area contributed by atoms with Crippen molar-refractivity contribution in [1.82, 2.24) is 10.2 Å². The lowest BCUT2D eigenvalue weighted by Gasteiger charge is -2.41. The molecule has 0 aliphatic carbocycles. The number of hydrogen-bond acceptors (Lipinski definition) is 4. The van der Waals surface area contributed by atoms with Crippen molar-refractivity contribution in [1.29, 1.82) is 0 Å². The van der Waals surface area contributed by atoms with Crippen LogP contribution in [0.25, 0.3) is 0 Å². The zero-order chi connectivity index (χ0) is 13.3. The molecule has 0 aromatic carbocycles. The van der Waals surface area contributed by atoms with E-state index in [1.54, 1.807) is 0 Å². The third-order valence-corrected chi connectivity index (χ3v) is 3.79. The van der Waals surface area contributed by atoms with Crippen molar-refractivity contribution in [3.8, 4) is 0 Å². The zero-order valence-electron chi connectivity index (χ0n) is 12.1. The van der Waals surface area contributed by atoms with Crippen molar-refractivity contribution >= 4 is 0 Å². The van der Waals surface area contributed by atoms with E-state index in [1.807, 2.05) is 0 Å². The standard InChI is InChI=1S/C14H30N2O2/c1-3-15-11-14(7-5-10-18-13-14)12-16(4-2)8-6-9-17/h15,17H,3-13H2,1-2H3. The number of nitrogens with zero attached hydrogens (tertiary/aromatic N) is 1. The fourth-order valence-electron chi connectivity index (χ4n) is 2.74. The van der Waals surface area contributed by atoms with E-state index >= 15 is 0 Å². The van der Waals surface area contributed by atoms with Gasteiger partial charge in [0.15, 0.2) is 0 Å². The Hall–Kier alpha value is -0.160. The van der Waals surface area contributed by atoms with E-state index in [9.17, 15) is 0 Å². The minimum absolute atomic E-state index is 0.264. The van der Waals surface area contributed by atoms with Gasteiger partial charge in [-0.05, 0) is 32.4 Å². The van der Waals surface area contributed by atoms with Crippen molar-refractivity contribution in [2.75, 3.05) is 52.5 Å². The molecule has 0 bridgehead atoms. The smallest absolute Gasteiger partial charge is 0.0546 e. The lowest BCUT2D eigenvalue weighted by molar-refractivity contribution is -0.0258. The molecule has 0 aromatic rings. The van der Waals surface area contributed by atoms with Gasteiger partial charge in [-0.2, -0.15) is 0 Å². The fourth-order valence-corrected chi connectivity index (χ4v) is 2.74. The third-order valence-electron chi connectivity index (χ3n) is 3.79. The average molecular weight is 258 g/mol. The van der Waals surface area contributed by atoms with Crippen LogP contribution in [0.15, 0.2) is 0 Å². The van der Waals surface area contributed by atoms with Crippen LogP contribution >= 0.6 is 0 Å². The Kier molecular flexibility index (Phi) is 7.82. The minimum atomic E-state index is 0.264. The Bertz CT molecular complexity index is 206. The first-order valence-electron chi connectivity index (χ1n) is 7.38. The molecule has 4 heteroatoms. The number of aliphatic hydroxyl groups excluding tert-OH is 1. The van der Waals surface area contributed by atoms with E-state index in [0.717, 1.165) is 52.4 Å². The Morgan fingerprint density at radius 3 is 2.78 bits per heavy atom. The molecule has 0 radical (unpaired) electrons. The van der Waals surface area contributed by atoms with Gasteiger partial charge in [-0.1, -0.05) is 13.8 Å². The van der Waals surface area contributed by atoms with Gasteiger partial charge in [-0.3, -0.25) is 0 Å². The maximum absolute atomic E-state index is 8.96. The normalized spacial score (nSPS) is 24.7. The fraction of sp³-hybridized carbons (Fsp3) is 1.00. The maximum Gasteiger partial charge on any atom is 0.0546 e. The highest BCUT2D eigenvalue weighted by molar-refractivity contribution is 4.87. The van der Waals surface area contributed by atoms with Crippen molar-refractivity contribution in [3.05, 3.63) is 0 Å². The molecular weight excluding hydrogens is 228 g/mol. The molecule has 18 heavy (non-hydrogen) atoms. The zero-order valence-corrected chi connectivity index (χ0v) is 12.1. The SMILES string of the molecule is CCNCC1(CN(CC)CCCO)CCCOC1. The van der Waals surface area contributed by atoms with Crippen LogP contribution in [0.4, 0.5) is 0 Å². The van der Waals surface area contributed by atoms with Gasteiger partial charge in [-0.25, -0.2) is 0 Å². The van der Waals surface area contributed by atoms with Crippen molar-refractivity contribution in [3.63, 3.8) is 0 Å². The molecule has 1 fully saturated rings. The van der Waals surface area contributed by atoms with Crippen LogP contribution in [-0.2, 0) is 4.74 Å². The highest BCUT2D eigenvalue weighted by Gasteiger charge is 2.33. The molecule has 0 aromatic heterocycles. The number of hydrogen-bond donors (Lipinski definition) is 2. The molecule has 1 rings (SSSR count). The lowest BCUT2D eigenvalue weighted by Crippen LogP contribution is -2.49. The summed E-state index contributed by atoms with van der Waals surface area (Å²) >= 11 is 0. The highest BCUT2D eigenvalue weighted by atomic mass is 16.5. The first kappa shape index (κ1) is 15.9. The van der Waals surface area contributed by atoms with Crippen molar-refractivity contribution < 1.29 is 9.84 Å². The summed E-state index contributed by atoms with van der Waals surface area (Å²) in [6.45, 7) is 11.6. The van der Waals surface area contributed by atoms with Crippen LogP contribution in [0.2, 0.25) is 0 Å². The molecular formula is C14H30N2O2. The van der Waals surface area contributed by atoms with Gasteiger partial charge in [0, 0.05) is 38.3 Å². The Labute approximate surface area is 112 Å². The Morgan fingerprint density at radius 1 is 1.39 bits per heavy atom. The molecule has 1 heterocycles. The molecule has 1 aliphatic heterocycles. The van der Waals surface area contributed by atoms with Gasteiger partial charge >= 0.3 is 0 Å². The summed E-state index contributed by atoms with van der Waals surface area (Å²) in [5, 5.41) is 12.4. The predicted molar refractivity (Wildman–Crippen MR) is 74.8 cm³/mol. The molecule has 1 unspecified atom stereocenters. The van der Waals surface area contributed by atoms with E-state index in [0.29, 0.717) is 0 Å². The third kappa shape index (κ3) is 5.22. The van der Waals surface area contributed by atoms with Crippen LogP contribution in [0.5, 0.6) is 0 Å². The van der Waals surface area contributed by atoms with Crippen LogP contribution in [-0.4, -0.2) is 62.6 Å². The van der Waals surface area contributed by atoms with Crippen LogP contribution in [0.3, 0.4) is 0 Å². The first-order valence-corrected chi connectivity index (χ1v) is 7.38. The van der Waals surface area contributed by atoms with Crippen LogP contribution in [0, 0.1) is 5.41 Å². The number of ether oxygens (including phenoxy) is 1. The molecule has 4 nitrogen and oxygen atoms in total. The number of nitrogens with one attached hydrogen (secondary N) is 1. The van der Waals surface area contributed by atoms with Gasteiger partial charge in [0.05, 0.1) is 6.61 Å². The summed E-state index contributed by atoms with van der Waals surface area (Å²) in [5.74, 6) is 0. The minimum Gasteiger partial charge on any atom is -0.396 e. The summed E-state index contributed by atoms with van der Waals surface area (Å²) in [6.07, 6.45) is 3.28. The topological polar surface area (TPSA) is 44.7 Å². The second-order valence-corrected chi connectivity index (χ2v) is 5.38. The van der Waals surface area contributed by atoms with E-state index in [2.05, 4.69) is 24.1 Å². The average Bonchev–Trinajstić information content (AvgIpc) is 2.42. The predicted octanol–water partition coefficient (Wildman–Crippen LogP) is 1.10. The molecule has 2 N–H and O–H groups in total. The number of rotatable bonds is 9. The van der Waals surface area contributed by atoms with Crippen LogP contribution < -0.4 is 5.32 Å². The molecule has 0 spiro atoms. The van der Waals surface area contributed by atoms with Gasteiger partial charge in [0.2, 0.25) is 0 Å². The quantitative estimate of drug-likeness (QED) is 0.650. The second-order valence-electron chi connectivity index (χ2n) is 5.38. The van der Waals surface area contributed by atoms with Gasteiger partial charge in [0.1, 0.15) is 0 Å². The van der Waals surface area contributed by atoms with E-state index < -0.39 is 0 Å². The maximum atomic E-state index is 8.96. The Morgan fingerprint density at radius 2 is 2.22 bits per heavy atom. The van der Waals surface area contributed by atoms with E-state index in [1.165, 1.54) is 12.8 Å². The summed E-state index contributed by atoms with van der Waals surface area (Å²) < 4.78 is 5.72. The lowest BCUT2D eigenvalue weighted by atomic mass is 9.81. The number of aliphatic hydroxyl groups is 1. The first-order chi connectivity index (χ1) is 8.76. The summed E-state index contributed by atoms with van der Waals surface area (Å²) in [7, 11) is 0. The summed E-state index contributed by atoms with van der Waals surface area (Å²) in [5.41, 5.74) is 0.264. The van der Waals surface area contributed by atoms with Gasteiger partial charge in [-0.15, -0.1) is 0 Å². The van der Waals surface area contributed by atoms with Gasteiger partial charge in [0.25, 0.3) is 0 Å². The van der Waals surface area contributed by atoms with Crippen molar-refractivity contribution in [2.45, 2.75) is 33.1 Å². The molecule has 108 valence electrons. The van der Waals surface area contributed by atoms with Crippen LogP contribution in [0.1, 0.15) is 33.1 Å². The van der Waals surface area contributed by atoms with E-state index in [-0.39, 0.29) is 12.0 Å². The highest BCUT2D eigenvalue weighted by Crippen LogP contribution is 2.29. The van der Waals surface area contributed by atoms with Crippen molar-refractivity contribution in [2.24, 2.45) is 5.41 Å². The molecule has 0 amide bonds.